The number of aromatic nitrogens is 2. The predicted octanol–water partition coefficient (Wildman–Crippen LogP) is 3.76. The highest BCUT2D eigenvalue weighted by Gasteiger charge is 2.21. The zero-order valence-corrected chi connectivity index (χ0v) is 17.0. The molecule has 29 heavy (non-hydrogen) atoms. The smallest absolute Gasteiger partial charge is 0.259 e. The summed E-state index contributed by atoms with van der Waals surface area (Å²) < 4.78 is 40.0. The molecular weight excluding hydrogens is 395 g/mol. The zero-order chi connectivity index (χ0) is 21.2. The topological polar surface area (TPSA) is 93.1 Å². The summed E-state index contributed by atoms with van der Waals surface area (Å²) in [6, 6.07) is 12.3. The fraction of sp³-hybridized carbons (Fsp3) is 0.200. The average Bonchev–Trinajstić information content (AvgIpc) is 3.06. The molecule has 1 amide bonds. The van der Waals surface area contributed by atoms with Crippen LogP contribution in [0.4, 0.5) is 15.8 Å². The second-order valence-corrected chi connectivity index (χ2v) is 8.64. The molecule has 9 heteroatoms. The molecule has 0 fully saturated rings. The standard InChI is InChI=1S/C20H21FN4O3S/c1-13(2)19-18(12-22-25(19)17-9-7-14(21)8-10-17)20(26)23-15-5-4-6-16(11-15)24-29(3,27)28/h4-13,24H,1-3H3,(H,23,26). The van der Waals surface area contributed by atoms with Gasteiger partial charge in [-0.25, -0.2) is 17.5 Å². The lowest BCUT2D eigenvalue weighted by molar-refractivity contribution is 0.102. The number of amides is 1. The lowest BCUT2D eigenvalue weighted by atomic mass is 10.0. The van der Waals surface area contributed by atoms with Gasteiger partial charge in [-0.2, -0.15) is 5.10 Å². The van der Waals surface area contributed by atoms with Gasteiger partial charge in [0.1, 0.15) is 5.82 Å². The van der Waals surface area contributed by atoms with Crippen LogP contribution in [0, 0.1) is 5.82 Å². The van der Waals surface area contributed by atoms with Crippen molar-refractivity contribution in [3.05, 3.63) is 71.8 Å². The zero-order valence-electron chi connectivity index (χ0n) is 16.2. The van der Waals surface area contributed by atoms with E-state index in [1.807, 2.05) is 13.8 Å². The number of anilines is 2. The van der Waals surface area contributed by atoms with Crippen LogP contribution in [0.5, 0.6) is 0 Å². The van der Waals surface area contributed by atoms with Crippen LogP contribution in [-0.2, 0) is 10.0 Å². The highest BCUT2D eigenvalue weighted by atomic mass is 32.2. The quantitative estimate of drug-likeness (QED) is 0.640. The van der Waals surface area contributed by atoms with E-state index in [1.54, 1.807) is 35.0 Å². The summed E-state index contributed by atoms with van der Waals surface area (Å²) in [5.41, 5.74) is 2.49. The van der Waals surface area contributed by atoms with Crippen molar-refractivity contribution in [1.29, 1.82) is 0 Å². The van der Waals surface area contributed by atoms with Crippen LogP contribution in [0.15, 0.2) is 54.7 Å². The van der Waals surface area contributed by atoms with E-state index in [9.17, 15) is 17.6 Å². The molecule has 2 aromatic carbocycles. The Balaban J connectivity index is 1.90. The average molecular weight is 416 g/mol. The maximum atomic E-state index is 13.2. The van der Waals surface area contributed by atoms with Gasteiger partial charge in [0.25, 0.3) is 5.91 Å². The Labute approximate surface area is 168 Å². The van der Waals surface area contributed by atoms with Gasteiger partial charge in [0, 0.05) is 5.69 Å². The number of carbonyl (C=O) groups is 1. The Bertz CT molecular complexity index is 1140. The van der Waals surface area contributed by atoms with Gasteiger partial charge in [-0.05, 0) is 48.4 Å². The first-order valence-electron chi connectivity index (χ1n) is 8.87. The first-order chi connectivity index (χ1) is 13.6. The molecule has 1 heterocycles. The Hall–Kier alpha value is -3.20. The van der Waals surface area contributed by atoms with Crippen molar-refractivity contribution in [3.63, 3.8) is 0 Å². The molecule has 0 spiro atoms. The van der Waals surface area contributed by atoms with E-state index in [0.717, 1.165) is 6.26 Å². The Morgan fingerprint density at radius 2 is 1.76 bits per heavy atom. The largest absolute Gasteiger partial charge is 0.322 e. The van der Waals surface area contributed by atoms with Crippen molar-refractivity contribution in [2.24, 2.45) is 0 Å². The summed E-state index contributed by atoms with van der Waals surface area (Å²) in [4.78, 5) is 12.9. The fourth-order valence-electron chi connectivity index (χ4n) is 2.95. The molecule has 0 radical (unpaired) electrons. The molecule has 3 rings (SSSR count). The third kappa shape index (κ3) is 5.00. The van der Waals surface area contributed by atoms with E-state index >= 15 is 0 Å². The number of benzene rings is 2. The van der Waals surface area contributed by atoms with E-state index in [1.165, 1.54) is 24.4 Å². The van der Waals surface area contributed by atoms with Crippen LogP contribution >= 0.6 is 0 Å². The molecule has 0 aliphatic heterocycles. The van der Waals surface area contributed by atoms with E-state index < -0.39 is 10.0 Å². The first-order valence-corrected chi connectivity index (χ1v) is 10.8. The Kier molecular flexibility index (Phi) is 5.69. The SMILES string of the molecule is CC(C)c1c(C(=O)Nc2cccc(NS(C)(=O)=O)c2)cnn1-c1ccc(F)cc1. The van der Waals surface area contributed by atoms with Crippen molar-refractivity contribution in [3.8, 4) is 5.69 Å². The Morgan fingerprint density at radius 1 is 1.10 bits per heavy atom. The first kappa shape index (κ1) is 20.5. The molecule has 0 unspecified atom stereocenters. The van der Waals surface area contributed by atoms with Crippen molar-refractivity contribution in [2.75, 3.05) is 16.3 Å². The molecule has 2 N–H and O–H groups in total. The molecule has 7 nitrogen and oxygen atoms in total. The number of nitrogens with zero attached hydrogens (tertiary/aromatic N) is 2. The fourth-order valence-corrected chi connectivity index (χ4v) is 3.50. The van der Waals surface area contributed by atoms with Gasteiger partial charge in [0.15, 0.2) is 0 Å². The summed E-state index contributed by atoms with van der Waals surface area (Å²) in [5.74, 6) is -0.757. The summed E-state index contributed by atoms with van der Waals surface area (Å²) in [5, 5.41) is 7.07. The van der Waals surface area contributed by atoms with Gasteiger partial charge in [0.2, 0.25) is 10.0 Å². The lowest BCUT2D eigenvalue weighted by Crippen LogP contribution is -2.16. The predicted molar refractivity (Wildman–Crippen MR) is 110 cm³/mol. The molecular formula is C20H21FN4O3S. The monoisotopic (exact) mass is 416 g/mol. The summed E-state index contributed by atoms with van der Waals surface area (Å²) in [6.07, 6.45) is 2.52. The maximum Gasteiger partial charge on any atom is 0.259 e. The van der Waals surface area contributed by atoms with Gasteiger partial charge >= 0.3 is 0 Å². The number of carbonyl (C=O) groups excluding carboxylic acids is 1. The van der Waals surface area contributed by atoms with Crippen LogP contribution in [0.25, 0.3) is 5.69 Å². The molecule has 0 saturated heterocycles. The Morgan fingerprint density at radius 3 is 2.38 bits per heavy atom. The number of nitrogens with one attached hydrogen (secondary N) is 2. The van der Waals surface area contributed by atoms with Crippen LogP contribution in [-0.4, -0.2) is 30.4 Å². The van der Waals surface area contributed by atoms with Crippen molar-refractivity contribution < 1.29 is 17.6 Å². The number of halogens is 1. The van der Waals surface area contributed by atoms with E-state index in [0.29, 0.717) is 28.3 Å². The molecule has 0 aliphatic rings. The van der Waals surface area contributed by atoms with Gasteiger partial charge in [-0.15, -0.1) is 0 Å². The van der Waals surface area contributed by atoms with Gasteiger partial charge < -0.3 is 5.32 Å². The van der Waals surface area contributed by atoms with E-state index in [-0.39, 0.29) is 17.6 Å². The molecule has 0 aliphatic carbocycles. The summed E-state index contributed by atoms with van der Waals surface area (Å²) >= 11 is 0. The second kappa shape index (κ2) is 8.04. The minimum Gasteiger partial charge on any atom is -0.322 e. The molecule has 0 saturated carbocycles. The molecule has 3 aromatic rings. The van der Waals surface area contributed by atoms with Crippen molar-refractivity contribution in [2.45, 2.75) is 19.8 Å². The van der Waals surface area contributed by atoms with Gasteiger partial charge in [-0.1, -0.05) is 19.9 Å². The molecule has 0 bridgehead atoms. The number of hydrogen-bond donors (Lipinski definition) is 2. The third-order valence-electron chi connectivity index (χ3n) is 4.09. The van der Waals surface area contributed by atoms with Crippen molar-refractivity contribution in [1.82, 2.24) is 9.78 Å². The van der Waals surface area contributed by atoms with Crippen molar-refractivity contribution >= 4 is 27.3 Å². The van der Waals surface area contributed by atoms with Gasteiger partial charge in [-0.3, -0.25) is 9.52 Å². The minimum absolute atomic E-state index is 0.0264. The maximum absolute atomic E-state index is 13.2. The van der Waals surface area contributed by atoms with Crippen LogP contribution in [0.2, 0.25) is 0 Å². The number of hydrogen-bond acceptors (Lipinski definition) is 4. The highest BCUT2D eigenvalue weighted by molar-refractivity contribution is 7.92. The van der Waals surface area contributed by atoms with E-state index in [4.69, 9.17) is 0 Å². The summed E-state index contributed by atoms with van der Waals surface area (Å²) in [6.45, 7) is 3.87. The second-order valence-electron chi connectivity index (χ2n) is 6.90. The van der Waals surface area contributed by atoms with Crippen LogP contribution < -0.4 is 10.0 Å². The highest BCUT2D eigenvalue weighted by Crippen LogP contribution is 2.25. The molecule has 0 atom stereocenters. The minimum atomic E-state index is -3.43. The lowest BCUT2D eigenvalue weighted by Gasteiger charge is -2.13. The van der Waals surface area contributed by atoms with Crippen LogP contribution in [0.3, 0.4) is 0 Å². The molecule has 152 valence electrons. The summed E-state index contributed by atoms with van der Waals surface area (Å²) in [7, 11) is -3.43. The van der Waals surface area contributed by atoms with Crippen LogP contribution in [0.1, 0.15) is 35.8 Å². The van der Waals surface area contributed by atoms with Gasteiger partial charge in [0.05, 0.1) is 35.1 Å². The normalized spacial score (nSPS) is 11.5. The molecule has 1 aromatic heterocycles. The number of rotatable bonds is 6. The third-order valence-corrected chi connectivity index (χ3v) is 4.70. The number of sulfonamides is 1. The van der Waals surface area contributed by atoms with E-state index in [2.05, 4.69) is 15.1 Å².